The Kier molecular flexibility index (Phi) is 4.60. The lowest BCUT2D eigenvalue weighted by Crippen LogP contribution is -2.30. The van der Waals surface area contributed by atoms with E-state index in [0.717, 1.165) is 21.2 Å². The molecule has 1 aromatic heterocycles. The quantitative estimate of drug-likeness (QED) is 0.549. The van der Waals surface area contributed by atoms with Crippen LogP contribution in [0.4, 0.5) is 11.4 Å². The normalized spacial score (nSPS) is 12.6. The van der Waals surface area contributed by atoms with Crippen molar-refractivity contribution < 1.29 is 4.79 Å². The molecule has 0 saturated heterocycles. The number of fused-ring (bicyclic) bond motifs is 2. The van der Waals surface area contributed by atoms with Crippen LogP contribution in [0.5, 0.6) is 0 Å². The second kappa shape index (κ2) is 7.05. The number of nitrogens with two attached hydrogens (primary N) is 1. The summed E-state index contributed by atoms with van der Waals surface area (Å²) in [5.41, 5.74) is 1.82. The Hall–Kier alpha value is -2.45. The number of hydrogen-bond donors (Lipinski definition) is 1. The molecule has 0 aliphatic carbocycles. The summed E-state index contributed by atoms with van der Waals surface area (Å²) in [6.07, 6.45) is 0.697. The zero-order valence-corrected chi connectivity index (χ0v) is 15.8. The number of carbonyl (C=O) groups is 1. The third-order valence-corrected chi connectivity index (χ3v) is 6.12. The molecule has 1 aliphatic rings. The number of para-hydroxylation sites is 2. The van der Waals surface area contributed by atoms with E-state index in [0.29, 0.717) is 17.4 Å². The van der Waals surface area contributed by atoms with Gasteiger partial charge >= 0.3 is 0 Å². The van der Waals surface area contributed by atoms with Crippen LogP contribution in [0, 0.1) is 0 Å². The highest BCUT2D eigenvalue weighted by molar-refractivity contribution is 8.00. The summed E-state index contributed by atoms with van der Waals surface area (Å²) in [5.74, 6) is 6.88. The van der Waals surface area contributed by atoms with Gasteiger partial charge < -0.3 is 5.84 Å². The molecule has 0 unspecified atom stereocenters. The molecule has 0 saturated carbocycles. The maximum absolute atomic E-state index is 13.1. The Labute approximate surface area is 159 Å². The molecule has 1 amide bonds. The first-order chi connectivity index (χ1) is 12.7. The average Bonchev–Trinajstić information content (AvgIpc) is 3.03. The highest BCUT2D eigenvalue weighted by atomic mass is 32.2. The van der Waals surface area contributed by atoms with E-state index in [9.17, 15) is 4.79 Å². The van der Waals surface area contributed by atoms with Gasteiger partial charge in [0.05, 0.1) is 17.1 Å². The molecule has 132 valence electrons. The maximum Gasteiger partial charge on any atom is 0.242 e. The van der Waals surface area contributed by atoms with Gasteiger partial charge in [-0.3, -0.25) is 9.69 Å². The number of anilines is 2. The molecule has 26 heavy (non-hydrogen) atoms. The van der Waals surface area contributed by atoms with Gasteiger partial charge in [-0.05, 0) is 24.3 Å². The van der Waals surface area contributed by atoms with Crippen molar-refractivity contribution in [1.82, 2.24) is 14.9 Å². The van der Waals surface area contributed by atoms with Crippen LogP contribution in [0.3, 0.4) is 0 Å². The van der Waals surface area contributed by atoms with Gasteiger partial charge in [-0.2, -0.15) is 0 Å². The molecule has 2 aromatic carbocycles. The predicted octanol–water partition coefficient (Wildman–Crippen LogP) is 3.48. The Morgan fingerprint density at radius 2 is 1.69 bits per heavy atom. The molecule has 0 radical (unpaired) electrons. The van der Waals surface area contributed by atoms with Crippen LogP contribution in [0.25, 0.3) is 0 Å². The van der Waals surface area contributed by atoms with Gasteiger partial charge in [-0.25, -0.2) is 4.68 Å². The van der Waals surface area contributed by atoms with Crippen LogP contribution in [0.2, 0.25) is 0 Å². The first-order valence-electron chi connectivity index (χ1n) is 8.20. The van der Waals surface area contributed by atoms with E-state index in [4.69, 9.17) is 5.84 Å². The molecule has 2 N–H and O–H groups in total. The van der Waals surface area contributed by atoms with Gasteiger partial charge in [0.1, 0.15) is 0 Å². The van der Waals surface area contributed by atoms with E-state index in [-0.39, 0.29) is 11.7 Å². The molecule has 2 heterocycles. The molecule has 0 spiro atoms. The fourth-order valence-electron chi connectivity index (χ4n) is 2.81. The number of carbonyl (C=O) groups excluding carboxylic acids is 1. The van der Waals surface area contributed by atoms with Gasteiger partial charge in [0, 0.05) is 16.2 Å². The van der Waals surface area contributed by atoms with Crippen molar-refractivity contribution in [3.8, 4) is 0 Å². The topological polar surface area (TPSA) is 77.0 Å². The van der Waals surface area contributed by atoms with Crippen molar-refractivity contribution in [1.29, 1.82) is 0 Å². The van der Waals surface area contributed by atoms with Crippen molar-refractivity contribution >= 4 is 40.8 Å². The summed E-state index contributed by atoms with van der Waals surface area (Å²) in [5, 5.41) is 8.65. The van der Waals surface area contributed by atoms with Crippen molar-refractivity contribution in [2.24, 2.45) is 0 Å². The summed E-state index contributed by atoms with van der Waals surface area (Å²) in [6, 6.07) is 15.9. The van der Waals surface area contributed by atoms with Crippen molar-refractivity contribution in [3.05, 3.63) is 54.4 Å². The third kappa shape index (κ3) is 2.95. The minimum atomic E-state index is -0.0174. The number of amides is 1. The maximum atomic E-state index is 13.1. The Bertz CT molecular complexity index is 926. The van der Waals surface area contributed by atoms with E-state index in [2.05, 4.69) is 10.2 Å². The van der Waals surface area contributed by atoms with Crippen LogP contribution in [-0.2, 0) is 11.2 Å². The average molecular weight is 384 g/mol. The number of benzene rings is 2. The predicted molar refractivity (Wildman–Crippen MR) is 104 cm³/mol. The van der Waals surface area contributed by atoms with Gasteiger partial charge in [-0.15, -0.1) is 10.2 Å². The van der Waals surface area contributed by atoms with Gasteiger partial charge in [0.15, 0.2) is 5.82 Å². The van der Waals surface area contributed by atoms with E-state index < -0.39 is 0 Å². The minimum absolute atomic E-state index is 0.0174. The zero-order valence-electron chi connectivity index (χ0n) is 14.1. The number of aryl methyl sites for hydroxylation is 1. The Morgan fingerprint density at radius 3 is 2.27 bits per heavy atom. The number of hydrogen-bond acceptors (Lipinski definition) is 6. The molecule has 8 heteroatoms. The standard InChI is InChI=1S/C18H17N5OS2/c1-2-16-20-21-18(23(16)19)25-11-17(24)22-12-7-3-5-9-14(12)26-15-10-6-4-8-13(15)22/h3-10H,2,11,19H2,1H3. The van der Waals surface area contributed by atoms with Crippen molar-refractivity contribution in [3.63, 3.8) is 0 Å². The van der Waals surface area contributed by atoms with Crippen molar-refractivity contribution in [2.45, 2.75) is 28.3 Å². The largest absolute Gasteiger partial charge is 0.336 e. The van der Waals surface area contributed by atoms with Crippen molar-refractivity contribution in [2.75, 3.05) is 16.5 Å². The smallest absolute Gasteiger partial charge is 0.242 e. The van der Waals surface area contributed by atoms with Crippen LogP contribution in [0.15, 0.2) is 63.5 Å². The van der Waals surface area contributed by atoms with Crippen LogP contribution < -0.4 is 10.7 Å². The Morgan fingerprint density at radius 1 is 1.08 bits per heavy atom. The van der Waals surface area contributed by atoms with Crippen LogP contribution in [-0.4, -0.2) is 26.5 Å². The second-order valence-corrected chi connectivity index (χ2v) is 7.70. The highest BCUT2D eigenvalue weighted by Gasteiger charge is 2.28. The first kappa shape index (κ1) is 17.0. The van der Waals surface area contributed by atoms with Gasteiger partial charge in [0.25, 0.3) is 0 Å². The Balaban J connectivity index is 1.62. The lowest BCUT2D eigenvalue weighted by molar-refractivity contribution is -0.115. The summed E-state index contributed by atoms with van der Waals surface area (Å²) >= 11 is 2.98. The fourth-order valence-corrected chi connectivity index (χ4v) is 4.59. The van der Waals surface area contributed by atoms with E-state index in [1.807, 2.05) is 55.5 Å². The molecule has 4 rings (SSSR count). The van der Waals surface area contributed by atoms with E-state index in [1.54, 1.807) is 16.7 Å². The van der Waals surface area contributed by atoms with Crippen LogP contribution >= 0.6 is 23.5 Å². The summed E-state index contributed by atoms with van der Waals surface area (Å²) < 4.78 is 1.45. The lowest BCUT2D eigenvalue weighted by atomic mass is 10.2. The molecule has 0 fully saturated rings. The van der Waals surface area contributed by atoms with E-state index >= 15 is 0 Å². The summed E-state index contributed by atoms with van der Waals surface area (Å²) in [6.45, 7) is 1.96. The summed E-state index contributed by atoms with van der Waals surface area (Å²) in [4.78, 5) is 17.0. The van der Waals surface area contributed by atoms with Gasteiger partial charge in [0.2, 0.25) is 11.1 Å². The second-order valence-electron chi connectivity index (χ2n) is 5.68. The first-order valence-corrected chi connectivity index (χ1v) is 10.00. The number of thioether (sulfide) groups is 1. The third-order valence-electron chi connectivity index (χ3n) is 4.06. The fraction of sp³-hybridized carbons (Fsp3) is 0.167. The van der Waals surface area contributed by atoms with Crippen LogP contribution in [0.1, 0.15) is 12.7 Å². The SMILES string of the molecule is CCc1nnc(SCC(=O)N2c3ccccc3Sc3ccccc32)n1N. The molecule has 0 bridgehead atoms. The molecule has 0 atom stereocenters. The zero-order chi connectivity index (χ0) is 18.1. The molecule has 3 aromatic rings. The number of aromatic nitrogens is 3. The minimum Gasteiger partial charge on any atom is -0.336 e. The summed E-state index contributed by atoms with van der Waals surface area (Å²) in [7, 11) is 0. The van der Waals surface area contributed by atoms with Gasteiger partial charge in [-0.1, -0.05) is 54.7 Å². The molecule has 1 aliphatic heterocycles. The molecular formula is C18H17N5OS2. The van der Waals surface area contributed by atoms with E-state index in [1.165, 1.54) is 16.4 Å². The number of nitrogens with zero attached hydrogens (tertiary/aromatic N) is 4. The highest BCUT2D eigenvalue weighted by Crippen LogP contribution is 2.48. The lowest BCUT2D eigenvalue weighted by Gasteiger charge is -2.30. The number of nitrogen functional groups attached to an aromatic ring is 1. The molecule has 6 nitrogen and oxygen atoms in total. The number of rotatable bonds is 4. The monoisotopic (exact) mass is 383 g/mol. The molecular weight excluding hydrogens is 366 g/mol.